The molecule has 0 aliphatic carbocycles. The van der Waals surface area contributed by atoms with Gasteiger partial charge in [0.1, 0.15) is 5.82 Å². The monoisotopic (exact) mass is 302 g/mol. The number of carbonyl (C=O) groups is 3. The Hall–Kier alpha value is -3.29. The van der Waals surface area contributed by atoms with Crippen molar-refractivity contribution in [2.75, 3.05) is 5.32 Å². The Balaban J connectivity index is 1.85. The van der Waals surface area contributed by atoms with Crippen LogP contribution in [0.4, 0.5) is 10.1 Å². The maximum atomic E-state index is 12.7. The Morgan fingerprint density at radius 3 is 2.14 bits per heavy atom. The second-order valence-electron chi connectivity index (χ2n) is 4.11. The first-order chi connectivity index (χ1) is 10.6. The van der Waals surface area contributed by atoms with E-state index in [2.05, 4.69) is 15.7 Å². The number of rotatable bonds is 2. The predicted molar refractivity (Wildman–Crippen MR) is 74.9 cm³/mol. The lowest BCUT2D eigenvalue weighted by atomic mass is 10.3. The first-order valence-corrected chi connectivity index (χ1v) is 6.13. The minimum absolute atomic E-state index is 0.252. The number of nitrogens with zero attached hydrogens (tertiary/aromatic N) is 1. The van der Waals surface area contributed by atoms with Gasteiger partial charge in [0.2, 0.25) is 0 Å². The number of amides is 3. The highest BCUT2D eigenvalue weighted by molar-refractivity contribution is 6.39. The molecule has 0 unspecified atom stereocenters. The van der Waals surface area contributed by atoms with Gasteiger partial charge in [0, 0.05) is 23.6 Å². The minimum atomic E-state index is -1.06. The lowest BCUT2D eigenvalue weighted by molar-refractivity contribution is -0.136. The van der Waals surface area contributed by atoms with E-state index < -0.39 is 23.5 Å². The second-order valence-corrected chi connectivity index (χ2v) is 4.11. The van der Waals surface area contributed by atoms with Crippen molar-refractivity contribution in [3.8, 4) is 0 Å². The molecule has 1 aromatic carbocycles. The van der Waals surface area contributed by atoms with Gasteiger partial charge in [-0.1, -0.05) is 0 Å². The molecule has 0 saturated heterocycles. The van der Waals surface area contributed by atoms with Crippen molar-refractivity contribution in [2.24, 2.45) is 0 Å². The fourth-order valence-corrected chi connectivity index (χ4v) is 1.47. The van der Waals surface area contributed by atoms with E-state index in [1.165, 1.54) is 36.7 Å². The van der Waals surface area contributed by atoms with E-state index >= 15 is 0 Å². The van der Waals surface area contributed by atoms with Gasteiger partial charge in [-0.15, -0.1) is 0 Å². The molecule has 112 valence electrons. The molecule has 2 rings (SSSR count). The van der Waals surface area contributed by atoms with Gasteiger partial charge in [-0.2, -0.15) is 0 Å². The molecule has 0 aliphatic heterocycles. The molecule has 3 N–H and O–H groups in total. The van der Waals surface area contributed by atoms with Crippen LogP contribution < -0.4 is 16.2 Å². The maximum absolute atomic E-state index is 12.7. The number of carbonyl (C=O) groups excluding carboxylic acids is 3. The Morgan fingerprint density at radius 2 is 1.50 bits per heavy atom. The summed E-state index contributed by atoms with van der Waals surface area (Å²) in [5.41, 5.74) is 4.58. The average molecular weight is 302 g/mol. The highest BCUT2D eigenvalue weighted by Crippen LogP contribution is 2.07. The summed E-state index contributed by atoms with van der Waals surface area (Å²) in [6.07, 6.45) is 2.83. The number of hydrazine groups is 1. The highest BCUT2D eigenvalue weighted by Gasteiger charge is 2.15. The van der Waals surface area contributed by atoms with E-state index in [9.17, 15) is 18.8 Å². The quantitative estimate of drug-likeness (QED) is 0.559. The van der Waals surface area contributed by atoms with Crippen molar-refractivity contribution in [2.45, 2.75) is 0 Å². The van der Waals surface area contributed by atoms with Gasteiger partial charge in [0.25, 0.3) is 5.91 Å². The second kappa shape index (κ2) is 6.93. The molecule has 0 radical (unpaired) electrons. The van der Waals surface area contributed by atoms with Crippen molar-refractivity contribution in [1.29, 1.82) is 0 Å². The van der Waals surface area contributed by atoms with Gasteiger partial charge < -0.3 is 5.32 Å². The zero-order valence-corrected chi connectivity index (χ0v) is 11.2. The topological polar surface area (TPSA) is 100 Å². The molecule has 0 atom stereocenters. The Morgan fingerprint density at radius 1 is 0.864 bits per heavy atom. The molecule has 0 fully saturated rings. The molecule has 8 heteroatoms. The van der Waals surface area contributed by atoms with E-state index in [1.54, 1.807) is 0 Å². The number of anilines is 1. The number of aromatic nitrogens is 1. The third-order valence-electron chi connectivity index (χ3n) is 2.54. The van der Waals surface area contributed by atoms with E-state index in [1.807, 2.05) is 5.43 Å². The maximum Gasteiger partial charge on any atom is 0.328 e. The number of halogens is 1. The number of hydrogen-bond donors (Lipinski definition) is 3. The summed E-state index contributed by atoms with van der Waals surface area (Å²) in [5, 5.41) is 2.25. The summed E-state index contributed by atoms with van der Waals surface area (Å²) in [4.78, 5) is 38.5. The molecule has 22 heavy (non-hydrogen) atoms. The summed E-state index contributed by atoms with van der Waals surface area (Å²) in [6.45, 7) is 0. The first-order valence-electron chi connectivity index (χ1n) is 6.13. The fourth-order valence-electron chi connectivity index (χ4n) is 1.47. The van der Waals surface area contributed by atoms with E-state index in [0.29, 0.717) is 0 Å². The molecule has 2 aromatic rings. The summed E-state index contributed by atoms with van der Waals surface area (Å²) < 4.78 is 12.7. The molecule has 1 aromatic heterocycles. The van der Waals surface area contributed by atoms with Crippen molar-refractivity contribution in [3.63, 3.8) is 0 Å². The highest BCUT2D eigenvalue weighted by atomic mass is 19.1. The summed E-state index contributed by atoms with van der Waals surface area (Å²) in [6, 6.07) is 7.77. The minimum Gasteiger partial charge on any atom is -0.318 e. The van der Waals surface area contributed by atoms with Crippen molar-refractivity contribution < 1.29 is 18.8 Å². The van der Waals surface area contributed by atoms with E-state index in [0.717, 1.165) is 12.1 Å². The molecule has 7 nitrogen and oxygen atoms in total. The van der Waals surface area contributed by atoms with Crippen LogP contribution in [0.5, 0.6) is 0 Å². The van der Waals surface area contributed by atoms with Gasteiger partial charge in [0.05, 0.1) is 0 Å². The average Bonchev–Trinajstić information content (AvgIpc) is 2.55. The molecular formula is C14H11FN4O3. The van der Waals surface area contributed by atoms with Crippen LogP contribution in [-0.2, 0) is 9.59 Å². The standard InChI is InChI=1S/C14H11FN4O3/c15-10-1-3-11(4-2-10)17-13(21)14(22)19-18-12(20)9-5-7-16-8-6-9/h1-8H,(H,17,21)(H,18,20)(H,19,22). The normalized spacial score (nSPS) is 9.68. The number of nitrogens with one attached hydrogen (secondary N) is 3. The Bertz CT molecular complexity index is 689. The molecule has 3 amide bonds. The Labute approximate surface area is 124 Å². The van der Waals surface area contributed by atoms with Crippen LogP contribution in [0.15, 0.2) is 48.8 Å². The lowest BCUT2D eigenvalue weighted by Crippen LogP contribution is -2.46. The predicted octanol–water partition coefficient (Wildman–Crippen LogP) is 0.620. The number of hydrogen-bond acceptors (Lipinski definition) is 4. The molecule has 0 spiro atoms. The zero-order chi connectivity index (χ0) is 15.9. The summed E-state index contributed by atoms with van der Waals surface area (Å²) >= 11 is 0. The number of pyridine rings is 1. The first kappa shape index (κ1) is 15.1. The van der Waals surface area contributed by atoms with Crippen LogP contribution in [0.3, 0.4) is 0 Å². The van der Waals surface area contributed by atoms with Crippen LogP contribution in [0.1, 0.15) is 10.4 Å². The largest absolute Gasteiger partial charge is 0.328 e. The van der Waals surface area contributed by atoms with E-state index in [4.69, 9.17) is 0 Å². The Kier molecular flexibility index (Phi) is 4.76. The number of benzene rings is 1. The van der Waals surface area contributed by atoms with Gasteiger partial charge in [-0.05, 0) is 36.4 Å². The zero-order valence-electron chi connectivity index (χ0n) is 11.2. The third kappa shape index (κ3) is 4.10. The molecule has 0 saturated carbocycles. The van der Waals surface area contributed by atoms with Gasteiger partial charge in [-0.25, -0.2) is 4.39 Å². The van der Waals surface area contributed by atoms with Gasteiger partial charge >= 0.3 is 11.8 Å². The van der Waals surface area contributed by atoms with Gasteiger partial charge in [-0.3, -0.25) is 30.2 Å². The van der Waals surface area contributed by atoms with E-state index in [-0.39, 0.29) is 11.3 Å². The van der Waals surface area contributed by atoms with Crippen LogP contribution >= 0.6 is 0 Å². The van der Waals surface area contributed by atoms with Gasteiger partial charge in [0.15, 0.2) is 0 Å². The summed E-state index contributed by atoms with van der Waals surface area (Å²) in [7, 11) is 0. The van der Waals surface area contributed by atoms with Crippen molar-refractivity contribution in [1.82, 2.24) is 15.8 Å². The third-order valence-corrected chi connectivity index (χ3v) is 2.54. The van der Waals surface area contributed by atoms with Crippen LogP contribution in [0.2, 0.25) is 0 Å². The van der Waals surface area contributed by atoms with Crippen molar-refractivity contribution >= 4 is 23.4 Å². The van der Waals surface area contributed by atoms with Crippen LogP contribution in [0, 0.1) is 5.82 Å². The van der Waals surface area contributed by atoms with Crippen LogP contribution in [0.25, 0.3) is 0 Å². The lowest BCUT2D eigenvalue weighted by Gasteiger charge is -2.07. The smallest absolute Gasteiger partial charge is 0.318 e. The molecule has 0 bridgehead atoms. The summed E-state index contributed by atoms with van der Waals surface area (Å²) in [5.74, 6) is -3.12. The van der Waals surface area contributed by atoms with Crippen molar-refractivity contribution in [3.05, 3.63) is 60.2 Å². The molecule has 0 aliphatic rings. The fraction of sp³-hybridized carbons (Fsp3) is 0. The van der Waals surface area contributed by atoms with Crippen LogP contribution in [-0.4, -0.2) is 22.7 Å². The molecule has 1 heterocycles. The molecular weight excluding hydrogens is 291 g/mol. The SMILES string of the molecule is O=C(NNC(=O)c1ccncc1)C(=O)Nc1ccc(F)cc1.